The minimum absolute atomic E-state index is 0.618. The van der Waals surface area contributed by atoms with Crippen molar-refractivity contribution in [2.75, 3.05) is 5.73 Å². The van der Waals surface area contributed by atoms with E-state index in [-0.39, 0.29) is 0 Å². The molecule has 2 heterocycles. The van der Waals surface area contributed by atoms with Gasteiger partial charge in [-0.15, -0.1) is 0 Å². The van der Waals surface area contributed by atoms with Crippen LogP contribution in [0.25, 0.3) is 5.82 Å². The highest BCUT2D eigenvalue weighted by Gasteiger charge is 2.05. The number of rotatable bonds is 1. The average Bonchev–Trinajstić information content (AvgIpc) is 2.56. The zero-order chi connectivity index (χ0) is 10.1. The zero-order valence-corrected chi connectivity index (χ0v) is 8.10. The number of aryl methyl sites for hydroxylation is 2. The van der Waals surface area contributed by atoms with Crippen LogP contribution < -0.4 is 5.73 Å². The van der Waals surface area contributed by atoms with Crippen LogP contribution in [0.5, 0.6) is 0 Å². The van der Waals surface area contributed by atoms with Gasteiger partial charge in [-0.25, -0.2) is 9.67 Å². The smallest absolute Gasteiger partial charge is 0.175 e. The van der Waals surface area contributed by atoms with Crippen LogP contribution >= 0.6 is 0 Å². The average molecular weight is 189 g/mol. The Morgan fingerprint density at radius 1 is 1.29 bits per heavy atom. The highest BCUT2D eigenvalue weighted by molar-refractivity contribution is 5.36. The lowest BCUT2D eigenvalue weighted by Gasteiger charge is -2.03. The molecule has 0 amide bonds. The fourth-order valence-corrected chi connectivity index (χ4v) is 1.19. The SMILES string of the molecule is Cc1cnc(C)c(-n2cc(N)cn2)n1. The first-order valence-electron chi connectivity index (χ1n) is 4.27. The maximum atomic E-state index is 5.57. The minimum atomic E-state index is 0.618. The molecule has 0 atom stereocenters. The summed E-state index contributed by atoms with van der Waals surface area (Å²) in [6.07, 6.45) is 5.03. The van der Waals surface area contributed by atoms with Gasteiger partial charge in [-0.2, -0.15) is 5.10 Å². The van der Waals surface area contributed by atoms with E-state index >= 15 is 0 Å². The number of aromatic nitrogens is 4. The second-order valence-electron chi connectivity index (χ2n) is 3.14. The summed E-state index contributed by atoms with van der Waals surface area (Å²) in [5.74, 6) is 0.724. The molecule has 5 heteroatoms. The van der Waals surface area contributed by atoms with Gasteiger partial charge in [0.2, 0.25) is 0 Å². The van der Waals surface area contributed by atoms with Crippen molar-refractivity contribution in [3.8, 4) is 5.82 Å². The molecule has 2 rings (SSSR count). The lowest BCUT2D eigenvalue weighted by molar-refractivity contribution is 0.816. The predicted molar refractivity (Wildman–Crippen MR) is 53.0 cm³/mol. The van der Waals surface area contributed by atoms with E-state index < -0.39 is 0 Å². The van der Waals surface area contributed by atoms with Crippen molar-refractivity contribution in [2.24, 2.45) is 0 Å². The van der Waals surface area contributed by atoms with E-state index in [0.29, 0.717) is 5.69 Å². The number of nitrogens with two attached hydrogens (primary N) is 1. The van der Waals surface area contributed by atoms with Crippen molar-refractivity contribution in [2.45, 2.75) is 13.8 Å². The van der Waals surface area contributed by atoms with E-state index in [0.717, 1.165) is 17.2 Å². The van der Waals surface area contributed by atoms with Crippen molar-refractivity contribution in [1.82, 2.24) is 19.7 Å². The largest absolute Gasteiger partial charge is 0.396 e. The lowest BCUT2D eigenvalue weighted by atomic mass is 10.4. The van der Waals surface area contributed by atoms with Crippen molar-refractivity contribution in [1.29, 1.82) is 0 Å². The summed E-state index contributed by atoms with van der Waals surface area (Å²) in [6, 6.07) is 0. The maximum absolute atomic E-state index is 5.57. The molecule has 2 aromatic rings. The van der Waals surface area contributed by atoms with Crippen LogP contribution in [0.1, 0.15) is 11.4 Å². The van der Waals surface area contributed by atoms with Gasteiger partial charge in [0.05, 0.1) is 29.5 Å². The van der Waals surface area contributed by atoms with Gasteiger partial charge in [0, 0.05) is 6.20 Å². The monoisotopic (exact) mass is 189 g/mol. The van der Waals surface area contributed by atoms with Crippen LogP contribution in [0.15, 0.2) is 18.6 Å². The maximum Gasteiger partial charge on any atom is 0.175 e. The molecule has 0 aliphatic heterocycles. The van der Waals surface area contributed by atoms with E-state index in [9.17, 15) is 0 Å². The van der Waals surface area contributed by atoms with Gasteiger partial charge in [-0.3, -0.25) is 4.98 Å². The molecule has 2 aromatic heterocycles. The van der Waals surface area contributed by atoms with Crippen molar-refractivity contribution >= 4 is 5.69 Å². The molecule has 0 radical (unpaired) electrons. The highest BCUT2D eigenvalue weighted by atomic mass is 15.3. The molecule has 72 valence electrons. The Morgan fingerprint density at radius 2 is 2.07 bits per heavy atom. The Kier molecular flexibility index (Phi) is 1.92. The topological polar surface area (TPSA) is 69.6 Å². The molecule has 14 heavy (non-hydrogen) atoms. The molecule has 0 saturated heterocycles. The first-order valence-corrected chi connectivity index (χ1v) is 4.27. The molecule has 0 unspecified atom stereocenters. The fraction of sp³-hybridized carbons (Fsp3) is 0.222. The van der Waals surface area contributed by atoms with Gasteiger partial charge in [0.1, 0.15) is 0 Å². The quantitative estimate of drug-likeness (QED) is 0.722. The molecular formula is C9H11N5. The Balaban J connectivity index is 2.55. The normalized spacial score (nSPS) is 10.4. The zero-order valence-electron chi connectivity index (χ0n) is 8.10. The number of nitrogens with zero attached hydrogens (tertiary/aromatic N) is 4. The molecule has 0 saturated carbocycles. The Labute approximate surface area is 81.6 Å². The second-order valence-corrected chi connectivity index (χ2v) is 3.14. The predicted octanol–water partition coefficient (Wildman–Crippen LogP) is 0.861. The molecule has 0 aliphatic rings. The third kappa shape index (κ3) is 1.44. The summed E-state index contributed by atoms with van der Waals surface area (Å²) < 4.78 is 1.63. The van der Waals surface area contributed by atoms with E-state index in [1.165, 1.54) is 0 Å². The Morgan fingerprint density at radius 3 is 2.71 bits per heavy atom. The Bertz CT molecular complexity index is 460. The van der Waals surface area contributed by atoms with Crippen LogP contribution in [-0.4, -0.2) is 19.7 Å². The number of anilines is 1. The van der Waals surface area contributed by atoms with Crippen molar-refractivity contribution < 1.29 is 0 Å². The first kappa shape index (κ1) is 8.68. The summed E-state index contributed by atoms with van der Waals surface area (Å²) in [5.41, 5.74) is 7.88. The van der Waals surface area contributed by atoms with Gasteiger partial charge in [0.25, 0.3) is 0 Å². The number of hydrogen-bond acceptors (Lipinski definition) is 4. The van der Waals surface area contributed by atoms with E-state index in [2.05, 4.69) is 15.1 Å². The summed E-state index contributed by atoms with van der Waals surface area (Å²) in [5, 5.41) is 4.08. The van der Waals surface area contributed by atoms with E-state index in [1.54, 1.807) is 23.3 Å². The van der Waals surface area contributed by atoms with Crippen LogP contribution in [0, 0.1) is 13.8 Å². The van der Waals surface area contributed by atoms with Gasteiger partial charge >= 0.3 is 0 Å². The number of hydrogen-bond donors (Lipinski definition) is 1. The Hall–Kier alpha value is -1.91. The summed E-state index contributed by atoms with van der Waals surface area (Å²) in [4.78, 5) is 8.54. The fourth-order valence-electron chi connectivity index (χ4n) is 1.19. The van der Waals surface area contributed by atoms with E-state index in [1.807, 2.05) is 13.8 Å². The highest BCUT2D eigenvalue weighted by Crippen LogP contribution is 2.09. The molecule has 0 aliphatic carbocycles. The third-order valence-corrected chi connectivity index (χ3v) is 1.87. The van der Waals surface area contributed by atoms with Crippen LogP contribution in [0.3, 0.4) is 0 Å². The summed E-state index contributed by atoms with van der Waals surface area (Å²) >= 11 is 0. The molecule has 2 N–H and O–H groups in total. The third-order valence-electron chi connectivity index (χ3n) is 1.87. The summed E-state index contributed by atoms with van der Waals surface area (Å²) in [7, 11) is 0. The van der Waals surface area contributed by atoms with Crippen LogP contribution in [0.4, 0.5) is 5.69 Å². The first-order chi connectivity index (χ1) is 6.66. The lowest BCUT2D eigenvalue weighted by Crippen LogP contribution is -2.03. The van der Waals surface area contributed by atoms with Gasteiger partial charge in [-0.05, 0) is 13.8 Å². The van der Waals surface area contributed by atoms with E-state index in [4.69, 9.17) is 5.73 Å². The molecule has 0 bridgehead atoms. The molecular weight excluding hydrogens is 178 g/mol. The standard InChI is InChI=1S/C9H11N5/c1-6-3-11-7(2)9(13-6)14-5-8(10)4-12-14/h3-5H,10H2,1-2H3. The molecule has 0 fully saturated rings. The van der Waals surface area contributed by atoms with Gasteiger partial charge in [-0.1, -0.05) is 0 Å². The molecule has 5 nitrogen and oxygen atoms in total. The summed E-state index contributed by atoms with van der Waals surface area (Å²) in [6.45, 7) is 3.78. The second kappa shape index (κ2) is 3.10. The molecule has 0 spiro atoms. The van der Waals surface area contributed by atoms with Crippen LogP contribution in [-0.2, 0) is 0 Å². The minimum Gasteiger partial charge on any atom is -0.396 e. The number of nitrogen functional groups attached to an aromatic ring is 1. The van der Waals surface area contributed by atoms with Crippen molar-refractivity contribution in [3.63, 3.8) is 0 Å². The van der Waals surface area contributed by atoms with Gasteiger partial charge in [0.15, 0.2) is 5.82 Å². The molecule has 0 aromatic carbocycles. The van der Waals surface area contributed by atoms with Gasteiger partial charge < -0.3 is 5.73 Å². The van der Waals surface area contributed by atoms with Crippen LogP contribution in [0.2, 0.25) is 0 Å². The van der Waals surface area contributed by atoms with Crippen molar-refractivity contribution in [3.05, 3.63) is 30.0 Å².